The molecule has 0 radical (unpaired) electrons. The van der Waals surface area contributed by atoms with Crippen molar-refractivity contribution >= 4 is 39.4 Å². The number of urea groups is 1. The van der Waals surface area contributed by atoms with E-state index in [2.05, 4.69) is 15.0 Å². The molecule has 0 heterocycles. The summed E-state index contributed by atoms with van der Waals surface area (Å²) >= 11 is 0. The van der Waals surface area contributed by atoms with Crippen molar-refractivity contribution in [3.63, 3.8) is 0 Å². The van der Waals surface area contributed by atoms with Crippen LogP contribution in [0.3, 0.4) is 0 Å². The summed E-state index contributed by atoms with van der Waals surface area (Å²) in [6.07, 6.45) is -0.151. The second-order valence-electron chi connectivity index (χ2n) is 7.28. The molecular formula is C23H23N5O5S. The van der Waals surface area contributed by atoms with Crippen LogP contribution in [-0.4, -0.2) is 31.5 Å². The summed E-state index contributed by atoms with van der Waals surface area (Å²) in [7, 11) is -4.00. The number of anilines is 2. The van der Waals surface area contributed by atoms with Crippen LogP contribution in [0.4, 0.5) is 16.2 Å². The highest BCUT2D eigenvalue weighted by molar-refractivity contribution is 7.92. The SMILES string of the molecule is NC(=O)N=C(N)Nc1cccc(S(=O)(=O)Nc2cccc(C(CC(=O)O)c3ccccc3)c2)c1. The highest BCUT2D eigenvalue weighted by Crippen LogP contribution is 2.30. The minimum atomic E-state index is -4.00. The third-order valence-electron chi connectivity index (χ3n) is 4.77. The molecular weight excluding hydrogens is 458 g/mol. The van der Waals surface area contributed by atoms with E-state index < -0.39 is 27.9 Å². The quantitative estimate of drug-likeness (QED) is 0.242. The van der Waals surface area contributed by atoms with Gasteiger partial charge in [-0.2, -0.15) is 4.99 Å². The van der Waals surface area contributed by atoms with E-state index in [0.717, 1.165) is 5.56 Å². The van der Waals surface area contributed by atoms with Gasteiger partial charge in [-0.15, -0.1) is 0 Å². The van der Waals surface area contributed by atoms with E-state index in [-0.39, 0.29) is 28.7 Å². The van der Waals surface area contributed by atoms with Crippen molar-refractivity contribution in [1.82, 2.24) is 0 Å². The number of primary amides is 1. The Labute approximate surface area is 196 Å². The first-order valence-corrected chi connectivity index (χ1v) is 11.5. The van der Waals surface area contributed by atoms with E-state index in [1.807, 2.05) is 30.3 Å². The monoisotopic (exact) mass is 481 g/mol. The summed E-state index contributed by atoms with van der Waals surface area (Å²) in [5.41, 5.74) is 12.5. The number of carbonyl (C=O) groups excluding carboxylic acids is 1. The number of hydrogen-bond acceptors (Lipinski definition) is 4. The van der Waals surface area contributed by atoms with Gasteiger partial charge >= 0.3 is 12.0 Å². The highest BCUT2D eigenvalue weighted by Gasteiger charge is 2.20. The molecule has 11 heteroatoms. The molecule has 0 aromatic heterocycles. The van der Waals surface area contributed by atoms with Crippen molar-refractivity contribution in [2.45, 2.75) is 17.2 Å². The van der Waals surface area contributed by atoms with Crippen LogP contribution in [0.25, 0.3) is 0 Å². The number of nitrogens with one attached hydrogen (secondary N) is 2. The van der Waals surface area contributed by atoms with E-state index in [9.17, 15) is 23.1 Å². The first-order chi connectivity index (χ1) is 16.1. The van der Waals surface area contributed by atoms with Crippen LogP contribution < -0.4 is 21.5 Å². The maximum atomic E-state index is 13.0. The van der Waals surface area contributed by atoms with Crippen molar-refractivity contribution in [2.24, 2.45) is 16.5 Å². The van der Waals surface area contributed by atoms with E-state index in [4.69, 9.17) is 11.5 Å². The minimum Gasteiger partial charge on any atom is -0.481 e. The Bertz CT molecular complexity index is 1330. The van der Waals surface area contributed by atoms with Crippen LogP contribution in [0, 0.1) is 0 Å². The van der Waals surface area contributed by atoms with Crippen LogP contribution in [0.1, 0.15) is 23.5 Å². The Hall–Kier alpha value is -4.38. The average Bonchev–Trinajstić information content (AvgIpc) is 2.77. The molecule has 0 aliphatic heterocycles. The molecule has 7 N–H and O–H groups in total. The number of carboxylic acid groups (broad SMARTS) is 1. The summed E-state index contributed by atoms with van der Waals surface area (Å²) in [6.45, 7) is 0. The predicted molar refractivity (Wildman–Crippen MR) is 129 cm³/mol. The normalized spacial score (nSPS) is 12.5. The Kier molecular flexibility index (Phi) is 7.49. The molecule has 3 aromatic rings. The second-order valence-corrected chi connectivity index (χ2v) is 8.96. The second kappa shape index (κ2) is 10.5. The molecule has 0 aliphatic rings. The fourth-order valence-corrected chi connectivity index (χ4v) is 4.45. The van der Waals surface area contributed by atoms with Gasteiger partial charge in [0.15, 0.2) is 0 Å². The maximum Gasteiger partial charge on any atom is 0.341 e. The van der Waals surface area contributed by atoms with Crippen molar-refractivity contribution in [3.8, 4) is 0 Å². The van der Waals surface area contributed by atoms with Gasteiger partial charge in [-0.1, -0.05) is 48.5 Å². The molecule has 0 aliphatic carbocycles. The lowest BCUT2D eigenvalue weighted by Crippen LogP contribution is -2.25. The Morgan fingerprint density at radius 3 is 2.21 bits per heavy atom. The molecule has 1 unspecified atom stereocenters. The molecule has 0 saturated carbocycles. The number of aliphatic imine (C=N–C) groups is 1. The van der Waals surface area contributed by atoms with Crippen molar-refractivity contribution in [1.29, 1.82) is 0 Å². The summed E-state index contributed by atoms with van der Waals surface area (Å²) in [6, 6.07) is 20.5. The highest BCUT2D eigenvalue weighted by atomic mass is 32.2. The van der Waals surface area contributed by atoms with Gasteiger partial charge < -0.3 is 21.9 Å². The fraction of sp³-hybridized carbons (Fsp3) is 0.0870. The lowest BCUT2D eigenvalue weighted by atomic mass is 9.88. The number of amides is 2. The predicted octanol–water partition coefficient (Wildman–Crippen LogP) is 2.90. The smallest absolute Gasteiger partial charge is 0.341 e. The van der Waals surface area contributed by atoms with Gasteiger partial charge in [-0.25, -0.2) is 13.2 Å². The van der Waals surface area contributed by atoms with Gasteiger partial charge in [0.25, 0.3) is 10.0 Å². The van der Waals surface area contributed by atoms with Gasteiger partial charge in [0.05, 0.1) is 11.3 Å². The fourth-order valence-electron chi connectivity index (χ4n) is 3.36. The first-order valence-electron chi connectivity index (χ1n) is 10.0. The standard InChI is InChI=1S/C23H23N5O5S/c24-22(27-23(25)31)26-17-9-5-11-19(13-17)34(32,33)28-18-10-4-8-16(12-18)20(14-21(29)30)15-6-2-1-3-7-15/h1-13,20,28H,14H2,(H,29,30)(H5,24,25,26,27,31). The van der Waals surface area contributed by atoms with E-state index in [1.54, 1.807) is 30.3 Å². The number of rotatable bonds is 8. The van der Waals surface area contributed by atoms with Gasteiger partial charge in [-0.3, -0.25) is 9.52 Å². The maximum absolute atomic E-state index is 13.0. The molecule has 3 aromatic carbocycles. The van der Waals surface area contributed by atoms with Crippen molar-refractivity contribution in [3.05, 3.63) is 90.0 Å². The molecule has 0 fully saturated rings. The number of carbonyl (C=O) groups is 2. The van der Waals surface area contributed by atoms with E-state index >= 15 is 0 Å². The van der Waals surface area contributed by atoms with Crippen LogP contribution in [-0.2, 0) is 14.8 Å². The minimum absolute atomic E-state index is 0.0695. The van der Waals surface area contributed by atoms with Gasteiger partial charge in [0.2, 0.25) is 5.96 Å². The molecule has 10 nitrogen and oxygen atoms in total. The average molecular weight is 482 g/mol. The zero-order valence-electron chi connectivity index (χ0n) is 17.9. The summed E-state index contributed by atoms with van der Waals surface area (Å²) in [5.74, 6) is -1.71. The molecule has 0 spiro atoms. The molecule has 3 rings (SSSR count). The number of hydrogen-bond donors (Lipinski definition) is 5. The Morgan fingerprint density at radius 2 is 1.53 bits per heavy atom. The topological polar surface area (TPSA) is 177 Å². The zero-order chi connectivity index (χ0) is 24.7. The number of nitrogens with zero attached hydrogens (tertiary/aromatic N) is 1. The van der Waals surface area contributed by atoms with Crippen LogP contribution in [0.15, 0.2) is 88.8 Å². The lowest BCUT2D eigenvalue weighted by molar-refractivity contribution is -0.137. The van der Waals surface area contributed by atoms with Crippen LogP contribution in [0.5, 0.6) is 0 Å². The third kappa shape index (κ3) is 6.56. The third-order valence-corrected chi connectivity index (χ3v) is 6.15. The number of guanidine groups is 1. The lowest BCUT2D eigenvalue weighted by Gasteiger charge is -2.17. The van der Waals surface area contributed by atoms with E-state index in [1.165, 1.54) is 18.2 Å². The molecule has 1 atom stereocenters. The number of sulfonamides is 1. The van der Waals surface area contributed by atoms with Gasteiger partial charge in [0.1, 0.15) is 0 Å². The Balaban J connectivity index is 1.87. The number of carboxylic acids is 1. The largest absolute Gasteiger partial charge is 0.481 e. The number of aliphatic carboxylic acids is 1. The summed E-state index contributed by atoms with van der Waals surface area (Å²) in [4.78, 5) is 25.5. The van der Waals surface area contributed by atoms with Gasteiger partial charge in [-0.05, 0) is 41.5 Å². The molecule has 176 valence electrons. The molecule has 34 heavy (non-hydrogen) atoms. The van der Waals surface area contributed by atoms with Crippen LogP contribution >= 0.6 is 0 Å². The molecule has 0 saturated heterocycles. The summed E-state index contributed by atoms with van der Waals surface area (Å²) < 4.78 is 28.5. The molecule has 2 amide bonds. The number of benzene rings is 3. The zero-order valence-corrected chi connectivity index (χ0v) is 18.7. The Morgan fingerprint density at radius 1 is 0.882 bits per heavy atom. The van der Waals surface area contributed by atoms with Gasteiger partial charge in [0, 0.05) is 17.3 Å². The summed E-state index contributed by atoms with van der Waals surface area (Å²) in [5, 5.41) is 12.0. The van der Waals surface area contributed by atoms with Crippen molar-refractivity contribution in [2.75, 3.05) is 10.0 Å². The van der Waals surface area contributed by atoms with Crippen LogP contribution in [0.2, 0.25) is 0 Å². The number of nitrogens with two attached hydrogens (primary N) is 2. The van der Waals surface area contributed by atoms with E-state index in [0.29, 0.717) is 5.56 Å². The first kappa shape index (κ1) is 24.3. The molecule has 0 bridgehead atoms. The van der Waals surface area contributed by atoms with Crippen molar-refractivity contribution < 1.29 is 23.1 Å².